The molecule has 88 valence electrons. The number of rotatable bonds is 2. The third kappa shape index (κ3) is 2.62. The summed E-state index contributed by atoms with van der Waals surface area (Å²) < 4.78 is 8.56. The van der Waals surface area contributed by atoms with Crippen molar-refractivity contribution in [2.24, 2.45) is 7.05 Å². The van der Waals surface area contributed by atoms with Gasteiger partial charge in [-0.1, -0.05) is 30.3 Å². The summed E-state index contributed by atoms with van der Waals surface area (Å²) in [5.41, 5.74) is 0.947. The minimum absolute atomic E-state index is 0.246. The Labute approximate surface area is 104 Å². The molecule has 4 nitrogen and oxygen atoms in total. The number of hydrogen-bond acceptors (Lipinski definition) is 3. The van der Waals surface area contributed by atoms with E-state index in [0.717, 1.165) is 5.56 Å². The normalized spacial score (nSPS) is 10.2. The molecule has 1 aromatic carbocycles. The summed E-state index contributed by atoms with van der Waals surface area (Å²) in [6.07, 6.45) is 2.85. The predicted molar refractivity (Wildman–Crippen MR) is 66.3 cm³/mol. The Hall–Kier alpha value is -1.88. The van der Waals surface area contributed by atoms with E-state index in [1.165, 1.54) is 4.57 Å². The molecule has 0 saturated heterocycles. The first-order valence-electron chi connectivity index (χ1n) is 5.13. The fraction of sp³-hybridized carbons (Fsp3) is 0.167. The molecule has 5 heteroatoms. The first kappa shape index (κ1) is 11.6. The zero-order chi connectivity index (χ0) is 12.3. The number of ether oxygens (including phenoxy) is 1. The summed E-state index contributed by atoms with van der Waals surface area (Å²) in [7, 11) is 1.78. The highest BCUT2D eigenvalue weighted by atomic mass is 32.1. The lowest BCUT2D eigenvalue weighted by Gasteiger charge is -2.04. The first-order chi connectivity index (χ1) is 8.18. The zero-order valence-corrected chi connectivity index (χ0v) is 10.2. The van der Waals surface area contributed by atoms with E-state index >= 15 is 0 Å². The van der Waals surface area contributed by atoms with Crippen LogP contribution in [0.4, 0.5) is 4.79 Å². The molecule has 0 N–H and O–H groups in total. The molecule has 0 aliphatic rings. The van der Waals surface area contributed by atoms with Crippen molar-refractivity contribution in [3.63, 3.8) is 0 Å². The molecule has 0 unspecified atom stereocenters. The highest BCUT2D eigenvalue weighted by Gasteiger charge is 2.08. The van der Waals surface area contributed by atoms with E-state index < -0.39 is 6.09 Å². The number of benzene rings is 1. The summed E-state index contributed by atoms with van der Waals surface area (Å²) >= 11 is 5.06. The maximum Gasteiger partial charge on any atom is 0.420 e. The Balaban J connectivity index is 2.04. The quantitative estimate of drug-likeness (QED) is 0.767. The van der Waals surface area contributed by atoms with Crippen molar-refractivity contribution in [3.05, 3.63) is 53.1 Å². The molecule has 0 saturated carbocycles. The third-order valence-electron chi connectivity index (χ3n) is 2.35. The van der Waals surface area contributed by atoms with Crippen LogP contribution in [0.25, 0.3) is 0 Å². The van der Waals surface area contributed by atoms with E-state index in [9.17, 15) is 4.79 Å². The molecule has 0 aliphatic heterocycles. The van der Waals surface area contributed by atoms with Crippen molar-refractivity contribution in [1.29, 1.82) is 0 Å². The van der Waals surface area contributed by atoms with Crippen LogP contribution in [0.1, 0.15) is 5.56 Å². The second-order valence-electron chi connectivity index (χ2n) is 3.60. The molecule has 2 rings (SSSR count). The van der Waals surface area contributed by atoms with Crippen molar-refractivity contribution < 1.29 is 9.53 Å². The van der Waals surface area contributed by atoms with Crippen LogP contribution in [0.3, 0.4) is 0 Å². The Morgan fingerprint density at radius 1 is 1.29 bits per heavy atom. The minimum atomic E-state index is -0.459. The van der Waals surface area contributed by atoms with Crippen LogP contribution in [-0.2, 0) is 18.4 Å². The van der Waals surface area contributed by atoms with E-state index in [1.807, 2.05) is 30.3 Å². The van der Waals surface area contributed by atoms with Crippen LogP contribution in [0.15, 0.2) is 42.7 Å². The largest absolute Gasteiger partial charge is 0.444 e. The molecule has 0 bridgehead atoms. The number of aromatic nitrogens is 2. The molecule has 2 aromatic rings. The lowest BCUT2D eigenvalue weighted by molar-refractivity contribution is 0.140. The van der Waals surface area contributed by atoms with Gasteiger partial charge < -0.3 is 9.30 Å². The van der Waals surface area contributed by atoms with Crippen molar-refractivity contribution in [2.75, 3.05) is 0 Å². The highest BCUT2D eigenvalue weighted by molar-refractivity contribution is 7.71. The number of hydrogen-bond donors (Lipinski definition) is 0. The van der Waals surface area contributed by atoms with Gasteiger partial charge >= 0.3 is 6.09 Å². The van der Waals surface area contributed by atoms with Gasteiger partial charge in [0.05, 0.1) is 0 Å². The van der Waals surface area contributed by atoms with Gasteiger partial charge in [0.25, 0.3) is 0 Å². The molecular weight excluding hydrogens is 236 g/mol. The third-order valence-corrected chi connectivity index (χ3v) is 2.83. The van der Waals surface area contributed by atoms with Gasteiger partial charge in [0.15, 0.2) is 4.77 Å². The molecule has 17 heavy (non-hydrogen) atoms. The van der Waals surface area contributed by atoms with Gasteiger partial charge in [0.1, 0.15) is 6.61 Å². The minimum Gasteiger partial charge on any atom is -0.444 e. The molecule has 0 radical (unpaired) electrons. The van der Waals surface area contributed by atoms with E-state index in [1.54, 1.807) is 24.0 Å². The van der Waals surface area contributed by atoms with E-state index in [-0.39, 0.29) is 6.61 Å². The van der Waals surface area contributed by atoms with Crippen molar-refractivity contribution in [2.45, 2.75) is 6.61 Å². The Bertz CT molecular complexity index is 572. The van der Waals surface area contributed by atoms with Crippen molar-refractivity contribution in [3.8, 4) is 0 Å². The van der Waals surface area contributed by atoms with Gasteiger partial charge in [-0.25, -0.2) is 9.36 Å². The summed E-state index contributed by atoms with van der Waals surface area (Å²) in [6, 6.07) is 9.52. The maximum atomic E-state index is 11.7. The molecule has 0 atom stereocenters. The van der Waals surface area contributed by atoms with Crippen molar-refractivity contribution in [1.82, 2.24) is 9.13 Å². The zero-order valence-electron chi connectivity index (χ0n) is 9.37. The number of aryl methyl sites for hydroxylation is 1. The van der Waals surface area contributed by atoms with Crippen LogP contribution >= 0.6 is 12.2 Å². The van der Waals surface area contributed by atoms with Gasteiger partial charge in [-0.2, -0.15) is 0 Å². The van der Waals surface area contributed by atoms with Gasteiger partial charge in [0, 0.05) is 19.4 Å². The first-order valence-corrected chi connectivity index (χ1v) is 5.54. The van der Waals surface area contributed by atoms with E-state index in [4.69, 9.17) is 17.0 Å². The Kier molecular flexibility index (Phi) is 3.39. The average molecular weight is 248 g/mol. The summed E-state index contributed by atoms with van der Waals surface area (Å²) in [5, 5.41) is 0. The predicted octanol–water partition coefficient (Wildman–Crippen LogP) is 2.74. The lowest BCUT2D eigenvalue weighted by atomic mass is 10.2. The van der Waals surface area contributed by atoms with Gasteiger partial charge in [-0.3, -0.25) is 0 Å². The Morgan fingerprint density at radius 3 is 2.59 bits per heavy atom. The van der Waals surface area contributed by atoms with Gasteiger partial charge in [-0.05, 0) is 17.8 Å². The fourth-order valence-electron chi connectivity index (χ4n) is 1.39. The Morgan fingerprint density at radius 2 is 2.00 bits per heavy atom. The van der Waals surface area contributed by atoms with Crippen molar-refractivity contribution >= 4 is 18.3 Å². The monoisotopic (exact) mass is 248 g/mol. The second-order valence-corrected chi connectivity index (χ2v) is 3.97. The highest BCUT2D eigenvalue weighted by Crippen LogP contribution is 2.03. The van der Waals surface area contributed by atoms with Crippen LogP contribution in [0.2, 0.25) is 0 Å². The topological polar surface area (TPSA) is 36.2 Å². The van der Waals surface area contributed by atoms with Gasteiger partial charge in [-0.15, -0.1) is 0 Å². The van der Waals surface area contributed by atoms with Crippen LogP contribution in [0.5, 0.6) is 0 Å². The second kappa shape index (κ2) is 4.97. The summed E-state index contributed by atoms with van der Waals surface area (Å²) in [4.78, 5) is 11.7. The number of imidazole rings is 1. The summed E-state index contributed by atoms with van der Waals surface area (Å²) in [5.74, 6) is 0. The molecule has 0 amide bonds. The fourth-order valence-corrected chi connectivity index (χ4v) is 1.59. The molecular formula is C12H12N2O2S. The van der Waals surface area contributed by atoms with E-state index in [0.29, 0.717) is 4.77 Å². The van der Waals surface area contributed by atoms with Gasteiger partial charge in [0.2, 0.25) is 0 Å². The smallest absolute Gasteiger partial charge is 0.420 e. The lowest BCUT2D eigenvalue weighted by Crippen LogP contribution is -2.13. The molecule has 1 aromatic heterocycles. The number of nitrogens with zero attached hydrogens (tertiary/aromatic N) is 2. The van der Waals surface area contributed by atoms with Crippen LogP contribution < -0.4 is 0 Å². The number of carbonyl (C=O) groups excluding carboxylic acids is 1. The van der Waals surface area contributed by atoms with Crippen LogP contribution in [0, 0.1) is 4.77 Å². The molecule has 1 heterocycles. The van der Waals surface area contributed by atoms with E-state index in [2.05, 4.69) is 0 Å². The standard InChI is InChI=1S/C12H12N2O2S/c1-13-7-8-14(11(13)17)12(15)16-9-10-5-3-2-4-6-10/h2-8H,9H2,1H3. The molecule has 0 fully saturated rings. The average Bonchev–Trinajstić information content (AvgIpc) is 2.69. The molecule has 0 aliphatic carbocycles. The van der Waals surface area contributed by atoms with Crippen LogP contribution in [-0.4, -0.2) is 15.2 Å². The summed E-state index contributed by atoms with van der Waals surface area (Å²) in [6.45, 7) is 0.246. The SMILES string of the molecule is Cn1ccn(C(=O)OCc2ccccc2)c1=S. The number of carbonyl (C=O) groups is 1. The molecule has 0 spiro atoms. The maximum absolute atomic E-state index is 11.7.